The van der Waals surface area contributed by atoms with E-state index in [1.165, 1.54) is 25.5 Å². The van der Waals surface area contributed by atoms with Gasteiger partial charge in [-0.3, -0.25) is 4.90 Å². The number of nitrogens with one attached hydrogen (secondary N) is 1. The van der Waals surface area contributed by atoms with E-state index >= 15 is 0 Å². The molecule has 1 atom stereocenters. The monoisotopic (exact) mass is 344 g/mol. The Labute approximate surface area is 139 Å². The van der Waals surface area contributed by atoms with Crippen LogP contribution in [0.4, 0.5) is 8.78 Å². The minimum Gasteiger partial charge on any atom is -0.497 e. The molecule has 0 aliphatic carbocycles. The summed E-state index contributed by atoms with van der Waals surface area (Å²) in [5.41, 5.74) is -0.00218. The molecule has 1 saturated heterocycles. The van der Waals surface area contributed by atoms with Gasteiger partial charge in [0.15, 0.2) is 0 Å². The maximum Gasteiger partial charge on any atom is 0.135 e. The smallest absolute Gasteiger partial charge is 0.135 e. The standard InChI is InChI=1S/C16H18F2N2O2.ClH/c1-21-11-9-12(17)15(13(18)10-11)16(14-3-2-8-22-14)20-6-4-19-5-7-20;/h2-3,8-10,16,19H,4-7H2,1H3;1H/t16-;/m0./s1. The third-order valence-electron chi connectivity index (χ3n) is 3.89. The third kappa shape index (κ3) is 3.65. The summed E-state index contributed by atoms with van der Waals surface area (Å²) >= 11 is 0. The van der Waals surface area contributed by atoms with Crippen LogP contribution in [0, 0.1) is 11.6 Å². The SMILES string of the molecule is COc1cc(F)c([C@H](c2ccco2)N2CCNCC2)c(F)c1.Cl. The molecule has 0 amide bonds. The maximum atomic E-state index is 14.5. The average molecular weight is 345 g/mol. The minimum absolute atomic E-state index is 0. The summed E-state index contributed by atoms with van der Waals surface area (Å²) in [6.45, 7) is 2.93. The second-order valence-corrected chi connectivity index (χ2v) is 5.21. The number of furan rings is 1. The Hall–Kier alpha value is -1.63. The molecule has 0 unspecified atom stereocenters. The van der Waals surface area contributed by atoms with Gasteiger partial charge >= 0.3 is 0 Å². The van der Waals surface area contributed by atoms with E-state index in [0.29, 0.717) is 18.8 Å². The van der Waals surface area contributed by atoms with Gasteiger partial charge in [-0.15, -0.1) is 12.4 Å². The molecular weight excluding hydrogens is 326 g/mol. The molecular formula is C16H19ClF2N2O2. The zero-order chi connectivity index (χ0) is 15.5. The molecule has 2 aromatic rings. The predicted molar refractivity (Wildman–Crippen MR) is 85.2 cm³/mol. The van der Waals surface area contributed by atoms with Crippen molar-refractivity contribution in [2.45, 2.75) is 6.04 Å². The molecule has 23 heavy (non-hydrogen) atoms. The Kier molecular flexibility index (Phi) is 5.98. The quantitative estimate of drug-likeness (QED) is 0.925. The molecule has 1 aliphatic rings. The van der Waals surface area contributed by atoms with E-state index < -0.39 is 17.7 Å². The van der Waals surface area contributed by atoms with Crippen LogP contribution < -0.4 is 10.1 Å². The van der Waals surface area contributed by atoms with Crippen molar-refractivity contribution in [1.82, 2.24) is 10.2 Å². The lowest BCUT2D eigenvalue weighted by Gasteiger charge is -2.34. The Morgan fingerprint density at radius 3 is 2.39 bits per heavy atom. The van der Waals surface area contributed by atoms with Gasteiger partial charge < -0.3 is 14.5 Å². The van der Waals surface area contributed by atoms with Gasteiger partial charge in [-0.05, 0) is 12.1 Å². The van der Waals surface area contributed by atoms with Gasteiger partial charge in [-0.1, -0.05) is 0 Å². The van der Waals surface area contributed by atoms with Crippen molar-refractivity contribution in [2.24, 2.45) is 0 Å². The first kappa shape index (κ1) is 17.7. The highest BCUT2D eigenvalue weighted by Crippen LogP contribution is 2.34. The van der Waals surface area contributed by atoms with E-state index in [1.54, 1.807) is 12.1 Å². The van der Waals surface area contributed by atoms with Gasteiger partial charge in [-0.25, -0.2) is 8.78 Å². The number of piperazine rings is 1. The van der Waals surface area contributed by atoms with E-state index in [2.05, 4.69) is 5.32 Å². The summed E-state index contributed by atoms with van der Waals surface area (Å²) in [7, 11) is 1.38. The maximum absolute atomic E-state index is 14.5. The lowest BCUT2D eigenvalue weighted by molar-refractivity contribution is 0.173. The van der Waals surface area contributed by atoms with Gasteiger partial charge in [-0.2, -0.15) is 0 Å². The van der Waals surface area contributed by atoms with Crippen molar-refractivity contribution in [3.63, 3.8) is 0 Å². The first-order valence-corrected chi connectivity index (χ1v) is 7.22. The van der Waals surface area contributed by atoms with E-state index in [9.17, 15) is 8.78 Å². The van der Waals surface area contributed by atoms with Gasteiger partial charge in [0.2, 0.25) is 0 Å². The topological polar surface area (TPSA) is 37.6 Å². The second kappa shape index (κ2) is 7.77. The fraction of sp³-hybridized carbons (Fsp3) is 0.375. The Morgan fingerprint density at radius 2 is 1.87 bits per heavy atom. The van der Waals surface area contributed by atoms with Crippen molar-refractivity contribution in [3.05, 3.63) is 53.5 Å². The molecule has 3 rings (SSSR count). The molecule has 126 valence electrons. The summed E-state index contributed by atoms with van der Waals surface area (Å²) in [6, 6.07) is 5.30. The zero-order valence-corrected chi connectivity index (χ0v) is 13.5. The largest absolute Gasteiger partial charge is 0.497 e. The lowest BCUT2D eigenvalue weighted by Crippen LogP contribution is -2.45. The molecule has 7 heteroatoms. The molecule has 0 bridgehead atoms. The molecule has 1 aromatic carbocycles. The van der Waals surface area contributed by atoms with Gasteiger partial charge in [0, 0.05) is 43.9 Å². The van der Waals surface area contributed by atoms with Gasteiger partial charge in [0.1, 0.15) is 23.1 Å². The van der Waals surface area contributed by atoms with Crippen LogP contribution in [0.5, 0.6) is 5.75 Å². The van der Waals surface area contributed by atoms with E-state index in [4.69, 9.17) is 9.15 Å². The van der Waals surface area contributed by atoms with Crippen LogP contribution in [-0.4, -0.2) is 38.2 Å². The van der Waals surface area contributed by atoms with Crippen molar-refractivity contribution < 1.29 is 17.9 Å². The number of benzene rings is 1. The van der Waals surface area contributed by atoms with Gasteiger partial charge in [0.05, 0.1) is 19.4 Å². The summed E-state index contributed by atoms with van der Waals surface area (Å²) in [5, 5.41) is 3.23. The van der Waals surface area contributed by atoms with Crippen molar-refractivity contribution in [3.8, 4) is 5.75 Å². The first-order valence-electron chi connectivity index (χ1n) is 7.22. The van der Waals surface area contributed by atoms with Crippen LogP contribution in [-0.2, 0) is 0 Å². The number of halogens is 3. The van der Waals surface area contributed by atoms with Crippen LogP contribution in [0.1, 0.15) is 17.4 Å². The average Bonchev–Trinajstić information content (AvgIpc) is 3.05. The number of hydrogen-bond donors (Lipinski definition) is 1. The fourth-order valence-corrected chi connectivity index (χ4v) is 2.83. The highest BCUT2D eigenvalue weighted by molar-refractivity contribution is 5.85. The van der Waals surface area contributed by atoms with Crippen LogP contribution >= 0.6 is 12.4 Å². The zero-order valence-electron chi connectivity index (χ0n) is 12.7. The highest BCUT2D eigenvalue weighted by Gasteiger charge is 2.31. The molecule has 1 aliphatic heterocycles. The summed E-state index contributed by atoms with van der Waals surface area (Å²) in [6.07, 6.45) is 1.52. The van der Waals surface area contributed by atoms with E-state index in [0.717, 1.165) is 13.1 Å². The normalized spacial score (nSPS) is 16.7. The van der Waals surface area contributed by atoms with Crippen LogP contribution in [0.15, 0.2) is 34.9 Å². The Bertz CT molecular complexity index is 608. The Morgan fingerprint density at radius 1 is 1.22 bits per heavy atom. The number of methoxy groups -OCH3 is 1. The molecule has 1 fully saturated rings. The minimum atomic E-state index is -0.628. The number of ether oxygens (including phenoxy) is 1. The molecule has 0 spiro atoms. The number of nitrogens with zero attached hydrogens (tertiary/aromatic N) is 1. The number of rotatable bonds is 4. The predicted octanol–water partition coefficient (Wildman–Crippen LogP) is 2.98. The molecule has 2 heterocycles. The van der Waals surface area contributed by atoms with E-state index in [-0.39, 0.29) is 23.7 Å². The van der Waals surface area contributed by atoms with Crippen LogP contribution in [0.3, 0.4) is 0 Å². The van der Waals surface area contributed by atoms with E-state index in [1.807, 2.05) is 4.90 Å². The van der Waals surface area contributed by atoms with Crippen molar-refractivity contribution >= 4 is 12.4 Å². The first-order chi connectivity index (χ1) is 10.7. The second-order valence-electron chi connectivity index (χ2n) is 5.21. The summed E-state index contributed by atoms with van der Waals surface area (Å²) in [4.78, 5) is 2.02. The Balaban J connectivity index is 0.00000192. The summed E-state index contributed by atoms with van der Waals surface area (Å²) in [5.74, 6) is -0.560. The number of hydrogen-bond acceptors (Lipinski definition) is 4. The molecule has 1 N–H and O–H groups in total. The molecule has 0 saturated carbocycles. The third-order valence-corrected chi connectivity index (χ3v) is 3.89. The van der Waals surface area contributed by atoms with Crippen molar-refractivity contribution in [2.75, 3.05) is 33.3 Å². The fourth-order valence-electron chi connectivity index (χ4n) is 2.83. The summed E-state index contributed by atoms with van der Waals surface area (Å²) < 4.78 is 39.3. The van der Waals surface area contributed by atoms with Crippen LogP contribution in [0.2, 0.25) is 0 Å². The highest BCUT2D eigenvalue weighted by atomic mass is 35.5. The molecule has 1 aromatic heterocycles. The molecule has 0 radical (unpaired) electrons. The molecule has 4 nitrogen and oxygen atoms in total. The van der Waals surface area contributed by atoms with Gasteiger partial charge in [0.25, 0.3) is 0 Å². The lowest BCUT2D eigenvalue weighted by atomic mass is 10.00. The van der Waals surface area contributed by atoms with Crippen LogP contribution in [0.25, 0.3) is 0 Å². The van der Waals surface area contributed by atoms with Crippen molar-refractivity contribution in [1.29, 1.82) is 0 Å².